The van der Waals surface area contributed by atoms with Gasteiger partial charge in [0.15, 0.2) is 5.13 Å². The van der Waals surface area contributed by atoms with Crippen LogP contribution in [0.25, 0.3) is 0 Å². The number of esters is 1. The third kappa shape index (κ3) is 5.11. The number of aryl methyl sites for hydroxylation is 2. The first kappa shape index (κ1) is 15.4. The predicted octanol–water partition coefficient (Wildman–Crippen LogP) is 2.35. The summed E-state index contributed by atoms with van der Waals surface area (Å²) in [5.74, 6) is -0.185. The van der Waals surface area contributed by atoms with Gasteiger partial charge in [-0.3, -0.25) is 14.8 Å². The largest absolute Gasteiger partial charge is 0.466 e. The Morgan fingerprint density at radius 1 is 1.33 bits per heavy atom. The monoisotopic (exact) mass is 306 g/mol. The molecule has 0 aromatic carbocycles. The van der Waals surface area contributed by atoms with Crippen LogP contribution in [-0.4, -0.2) is 27.5 Å². The second kappa shape index (κ2) is 7.68. The van der Waals surface area contributed by atoms with E-state index in [1.54, 1.807) is 19.3 Å². The lowest BCUT2D eigenvalue weighted by molar-refractivity contribution is -0.143. The maximum atomic E-state index is 11.3. The molecule has 0 radical (unpaired) electrons. The molecule has 0 bridgehead atoms. The minimum Gasteiger partial charge on any atom is -0.466 e. The lowest BCUT2D eigenvalue weighted by atomic mass is 10.2. The van der Waals surface area contributed by atoms with E-state index in [1.165, 1.54) is 11.3 Å². The Morgan fingerprint density at radius 2 is 2.19 bits per heavy atom. The summed E-state index contributed by atoms with van der Waals surface area (Å²) in [6.07, 6.45) is 4.45. The van der Waals surface area contributed by atoms with Crippen LogP contribution in [0.1, 0.15) is 30.4 Å². The van der Waals surface area contributed by atoms with Crippen LogP contribution in [0.5, 0.6) is 0 Å². The Hall–Kier alpha value is -2.02. The molecule has 0 unspecified atom stereocenters. The zero-order valence-electron chi connectivity index (χ0n) is 12.1. The lowest BCUT2D eigenvalue weighted by Crippen LogP contribution is -2.05. The van der Waals surface area contributed by atoms with Crippen LogP contribution in [0.15, 0.2) is 17.8 Å². The van der Waals surface area contributed by atoms with Crippen molar-refractivity contribution in [2.45, 2.75) is 33.2 Å². The van der Waals surface area contributed by atoms with Gasteiger partial charge in [-0.2, -0.15) is 0 Å². The summed E-state index contributed by atoms with van der Waals surface area (Å²) in [6.45, 7) is 4.70. The number of hydrogen-bond donors (Lipinski definition) is 1. The van der Waals surface area contributed by atoms with Crippen LogP contribution in [0, 0.1) is 6.92 Å². The molecule has 21 heavy (non-hydrogen) atoms. The molecule has 2 aromatic rings. The Balaban J connectivity index is 1.80. The van der Waals surface area contributed by atoms with E-state index in [1.807, 2.05) is 12.3 Å². The van der Waals surface area contributed by atoms with Crippen molar-refractivity contribution in [2.24, 2.45) is 0 Å². The van der Waals surface area contributed by atoms with Gasteiger partial charge in [0.2, 0.25) is 0 Å². The summed E-state index contributed by atoms with van der Waals surface area (Å²) in [4.78, 5) is 24.2. The molecule has 2 rings (SSSR count). The minimum absolute atomic E-state index is 0.185. The van der Waals surface area contributed by atoms with Gasteiger partial charge in [-0.25, -0.2) is 4.98 Å². The quantitative estimate of drug-likeness (QED) is 0.791. The molecule has 0 saturated carbocycles. The number of hydrogen-bond acceptors (Lipinski definition) is 7. The number of anilines is 1. The van der Waals surface area contributed by atoms with Crippen molar-refractivity contribution in [3.05, 3.63) is 34.9 Å². The molecule has 1 N–H and O–H groups in total. The van der Waals surface area contributed by atoms with Crippen LogP contribution in [0.4, 0.5) is 5.13 Å². The van der Waals surface area contributed by atoms with E-state index in [-0.39, 0.29) is 5.97 Å². The summed E-state index contributed by atoms with van der Waals surface area (Å²) < 4.78 is 4.89. The smallest absolute Gasteiger partial charge is 0.306 e. The molecule has 0 saturated heterocycles. The molecule has 2 aromatic heterocycles. The van der Waals surface area contributed by atoms with Gasteiger partial charge in [0.1, 0.15) is 0 Å². The lowest BCUT2D eigenvalue weighted by Gasteiger charge is -2.02. The van der Waals surface area contributed by atoms with Gasteiger partial charge < -0.3 is 10.1 Å². The number of thiazole rings is 1. The maximum Gasteiger partial charge on any atom is 0.306 e. The van der Waals surface area contributed by atoms with Gasteiger partial charge in [0.05, 0.1) is 42.9 Å². The topological polar surface area (TPSA) is 77.0 Å². The Kier molecular flexibility index (Phi) is 5.62. The molecule has 0 aliphatic rings. The van der Waals surface area contributed by atoms with E-state index in [0.717, 1.165) is 22.2 Å². The van der Waals surface area contributed by atoms with Crippen molar-refractivity contribution >= 4 is 22.4 Å². The number of nitrogens with one attached hydrogen (secondary N) is 1. The first-order valence-electron chi connectivity index (χ1n) is 6.78. The van der Waals surface area contributed by atoms with E-state index in [9.17, 15) is 4.79 Å². The molecule has 0 aliphatic heterocycles. The zero-order chi connectivity index (χ0) is 15.1. The summed E-state index contributed by atoms with van der Waals surface area (Å²) >= 11 is 1.51. The third-order valence-corrected chi connectivity index (χ3v) is 3.55. The highest BCUT2D eigenvalue weighted by atomic mass is 32.1. The molecule has 7 heteroatoms. The molecule has 0 aliphatic carbocycles. The van der Waals surface area contributed by atoms with Gasteiger partial charge in [-0.1, -0.05) is 0 Å². The Bertz CT molecular complexity index is 583. The number of ether oxygens (including phenoxy) is 1. The molecular weight excluding hydrogens is 288 g/mol. The SMILES string of the molecule is CCOC(=O)CCc1csc(NCc2cnc(C)cn2)n1. The van der Waals surface area contributed by atoms with Crippen molar-refractivity contribution in [1.82, 2.24) is 15.0 Å². The van der Waals surface area contributed by atoms with Gasteiger partial charge in [0.25, 0.3) is 0 Å². The fourth-order valence-electron chi connectivity index (χ4n) is 1.64. The average molecular weight is 306 g/mol. The molecular formula is C14H18N4O2S. The van der Waals surface area contributed by atoms with E-state index in [4.69, 9.17) is 4.74 Å². The van der Waals surface area contributed by atoms with Crippen molar-refractivity contribution in [3.63, 3.8) is 0 Å². The number of aromatic nitrogens is 3. The molecule has 2 heterocycles. The fourth-order valence-corrected chi connectivity index (χ4v) is 2.39. The Morgan fingerprint density at radius 3 is 2.90 bits per heavy atom. The molecule has 6 nitrogen and oxygen atoms in total. The standard InChI is InChI=1S/C14H18N4O2S/c1-3-20-13(19)5-4-11-9-21-14(18-11)17-8-12-7-15-10(2)6-16-12/h6-7,9H,3-5,8H2,1-2H3,(H,17,18). The summed E-state index contributed by atoms with van der Waals surface area (Å²) in [5.41, 5.74) is 2.66. The zero-order valence-corrected chi connectivity index (χ0v) is 12.9. The highest BCUT2D eigenvalue weighted by Gasteiger charge is 2.06. The van der Waals surface area contributed by atoms with Gasteiger partial charge >= 0.3 is 5.97 Å². The molecule has 0 atom stereocenters. The summed E-state index contributed by atoms with van der Waals surface area (Å²) in [6, 6.07) is 0. The number of carbonyl (C=O) groups is 1. The van der Waals surface area contributed by atoms with E-state index in [0.29, 0.717) is 26.0 Å². The highest BCUT2D eigenvalue weighted by molar-refractivity contribution is 7.13. The molecule has 0 fully saturated rings. The normalized spacial score (nSPS) is 10.4. The van der Waals surface area contributed by atoms with Crippen molar-refractivity contribution in [1.29, 1.82) is 0 Å². The highest BCUT2D eigenvalue weighted by Crippen LogP contribution is 2.17. The molecule has 0 amide bonds. The van der Waals surface area contributed by atoms with Gasteiger partial charge in [-0.15, -0.1) is 11.3 Å². The van der Waals surface area contributed by atoms with Crippen molar-refractivity contribution < 1.29 is 9.53 Å². The third-order valence-electron chi connectivity index (χ3n) is 2.70. The van der Waals surface area contributed by atoms with Crippen LogP contribution < -0.4 is 5.32 Å². The van der Waals surface area contributed by atoms with Gasteiger partial charge in [0, 0.05) is 18.0 Å². The summed E-state index contributed by atoms with van der Waals surface area (Å²) in [5, 5.41) is 5.97. The number of carbonyl (C=O) groups excluding carboxylic acids is 1. The van der Waals surface area contributed by atoms with Crippen molar-refractivity contribution in [3.8, 4) is 0 Å². The second-order valence-corrected chi connectivity index (χ2v) is 5.31. The number of rotatable bonds is 7. The van der Waals surface area contributed by atoms with Crippen LogP contribution in [-0.2, 0) is 22.5 Å². The predicted molar refractivity (Wildman–Crippen MR) is 81.2 cm³/mol. The number of nitrogens with zero attached hydrogens (tertiary/aromatic N) is 3. The van der Waals surface area contributed by atoms with Crippen LogP contribution in [0.3, 0.4) is 0 Å². The first-order valence-corrected chi connectivity index (χ1v) is 7.66. The maximum absolute atomic E-state index is 11.3. The van der Waals surface area contributed by atoms with Crippen LogP contribution >= 0.6 is 11.3 Å². The van der Waals surface area contributed by atoms with Crippen molar-refractivity contribution in [2.75, 3.05) is 11.9 Å². The average Bonchev–Trinajstić information content (AvgIpc) is 2.93. The van der Waals surface area contributed by atoms with Crippen LogP contribution in [0.2, 0.25) is 0 Å². The first-order chi connectivity index (χ1) is 10.2. The Labute approximate surface area is 127 Å². The van der Waals surface area contributed by atoms with E-state index in [2.05, 4.69) is 20.3 Å². The van der Waals surface area contributed by atoms with E-state index < -0.39 is 0 Å². The van der Waals surface area contributed by atoms with E-state index >= 15 is 0 Å². The summed E-state index contributed by atoms with van der Waals surface area (Å²) in [7, 11) is 0. The molecule has 112 valence electrons. The van der Waals surface area contributed by atoms with Gasteiger partial charge in [-0.05, 0) is 13.8 Å². The second-order valence-electron chi connectivity index (χ2n) is 4.45. The minimum atomic E-state index is -0.185. The fraction of sp³-hybridized carbons (Fsp3) is 0.429. The molecule has 0 spiro atoms.